The summed E-state index contributed by atoms with van der Waals surface area (Å²) < 4.78 is 0. The Bertz CT molecular complexity index is 480. The molecule has 0 aliphatic heterocycles. The number of carbonyl (C=O) groups excluding carboxylic acids is 1. The Balaban J connectivity index is 2.83. The number of nitrogens with zero attached hydrogens (tertiary/aromatic N) is 1. The summed E-state index contributed by atoms with van der Waals surface area (Å²) >= 11 is 5.99. The molecule has 0 aliphatic carbocycles. The van der Waals surface area contributed by atoms with Gasteiger partial charge in [0.15, 0.2) is 0 Å². The van der Waals surface area contributed by atoms with Crippen molar-refractivity contribution < 1.29 is 4.79 Å². The van der Waals surface area contributed by atoms with Crippen molar-refractivity contribution in [3.05, 3.63) is 23.2 Å². The van der Waals surface area contributed by atoms with Gasteiger partial charge in [0.2, 0.25) is 5.91 Å². The molecule has 1 aromatic carbocycles. The normalized spacial score (nSPS) is 12.9. The van der Waals surface area contributed by atoms with Gasteiger partial charge in [-0.1, -0.05) is 32.4 Å². The minimum Gasteiger partial charge on any atom is -0.376 e. The number of benzene rings is 1. The van der Waals surface area contributed by atoms with Crippen LogP contribution in [0.25, 0.3) is 0 Å². The van der Waals surface area contributed by atoms with Crippen LogP contribution in [0.4, 0.5) is 11.4 Å². The van der Waals surface area contributed by atoms with Crippen LogP contribution >= 0.6 is 11.6 Å². The highest BCUT2D eigenvalue weighted by Crippen LogP contribution is 2.28. The van der Waals surface area contributed by atoms with Gasteiger partial charge in [0, 0.05) is 31.6 Å². The molecule has 1 unspecified atom stereocenters. The van der Waals surface area contributed by atoms with Crippen molar-refractivity contribution in [3.63, 3.8) is 0 Å². The molecule has 1 amide bonds. The molecule has 1 atom stereocenters. The molecule has 5 heteroatoms. The Labute approximate surface area is 126 Å². The van der Waals surface area contributed by atoms with Crippen molar-refractivity contribution in [2.45, 2.75) is 33.2 Å². The SMILES string of the molecule is CN(C)c1ccc(Cl)cc1NC(=O)CC(N)C(C)(C)C. The van der Waals surface area contributed by atoms with Gasteiger partial charge in [-0.15, -0.1) is 0 Å². The number of anilines is 2. The van der Waals surface area contributed by atoms with Crippen LogP contribution in [-0.2, 0) is 4.79 Å². The van der Waals surface area contributed by atoms with Gasteiger partial charge in [0.1, 0.15) is 0 Å². The second kappa shape index (κ2) is 6.46. The summed E-state index contributed by atoms with van der Waals surface area (Å²) in [5.41, 5.74) is 7.55. The Kier molecular flexibility index (Phi) is 5.42. The number of hydrogen-bond donors (Lipinski definition) is 2. The van der Waals surface area contributed by atoms with E-state index < -0.39 is 0 Å². The van der Waals surface area contributed by atoms with Gasteiger partial charge in [0.05, 0.1) is 11.4 Å². The third-order valence-electron chi connectivity index (χ3n) is 3.23. The van der Waals surface area contributed by atoms with E-state index in [1.54, 1.807) is 12.1 Å². The second-order valence-corrected chi connectivity index (χ2v) is 6.72. The first kappa shape index (κ1) is 16.8. The first-order valence-corrected chi connectivity index (χ1v) is 7.01. The lowest BCUT2D eigenvalue weighted by Gasteiger charge is -2.26. The fourth-order valence-corrected chi connectivity index (χ4v) is 1.88. The molecule has 4 nitrogen and oxygen atoms in total. The van der Waals surface area contributed by atoms with E-state index >= 15 is 0 Å². The van der Waals surface area contributed by atoms with E-state index in [0.29, 0.717) is 10.7 Å². The van der Waals surface area contributed by atoms with E-state index in [1.807, 2.05) is 45.8 Å². The van der Waals surface area contributed by atoms with Gasteiger partial charge in [-0.25, -0.2) is 0 Å². The smallest absolute Gasteiger partial charge is 0.226 e. The van der Waals surface area contributed by atoms with Crippen LogP contribution in [0.1, 0.15) is 27.2 Å². The largest absolute Gasteiger partial charge is 0.376 e. The van der Waals surface area contributed by atoms with E-state index in [-0.39, 0.29) is 23.8 Å². The highest BCUT2D eigenvalue weighted by molar-refractivity contribution is 6.31. The molecular weight excluding hydrogens is 274 g/mol. The number of nitrogens with two attached hydrogens (primary N) is 1. The van der Waals surface area contributed by atoms with E-state index in [9.17, 15) is 4.79 Å². The van der Waals surface area contributed by atoms with E-state index in [1.165, 1.54) is 0 Å². The average molecular weight is 298 g/mol. The molecule has 0 heterocycles. The summed E-state index contributed by atoms with van der Waals surface area (Å²) in [6.07, 6.45) is 0.281. The molecular formula is C15H24ClN3O. The molecule has 0 fully saturated rings. The lowest BCUT2D eigenvalue weighted by atomic mass is 9.85. The van der Waals surface area contributed by atoms with Crippen LogP contribution in [0.15, 0.2) is 18.2 Å². The lowest BCUT2D eigenvalue weighted by Crippen LogP contribution is -2.38. The summed E-state index contributed by atoms with van der Waals surface area (Å²) in [6.45, 7) is 6.07. The van der Waals surface area contributed by atoms with Gasteiger partial charge in [-0.2, -0.15) is 0 Å². The van der Waals surface area contributed by atoms with Crippen LogP contribution in [0.3, 0.4) is 0 Å². The Morgan fingerprint density at radius 1 is 1.40 bits per heavy atom. The highest BCUT2D eigenvalue weighted by Gasteiger charge is 2.23. The molecule has 1 aromatic rings. The summed E-state index contributed by atoms with van der Waals surface area (Å²) in [5, 5.41) is 3.48. The molecule has 0 radical (unpaired) electrons. The van der Waals surface area contributed by atoms with E-state index in [2.05, 4.69) is 5.32 Å². The number of nitrogens with one attached hydrogen (secondary N) is 1. The number of halogens is 1. The Morgan fingerprint density at radius 3 is 2.50 bits per heavy atom. The maximum Gasteiger partial charge on any atom is 0.226 e. The summed E-state index contributed by atoms with van der Waals surface area (Å²) in [6, 6.07) is 5.23. The van der Waals surface area contributed by atoms with Crippen molar-refractivity contribution in [3.8, 4) is 0 Å². The monoisotopic (exact) mass is 297 g/mol. The molecule has 0 aromatic heterocycles. The molecule has 0 bridgehead atoms. The van der Waals surface area contributed by atoms with Crippen LogP contribution in [0, 0.1) is 5.41 Å². The minimum absolute atomic E-state index is 0.0993. The van der Waals surface area contributed by atoms with Crippen LogP contribution in [0.5, 0.6) is 0 Å². The Hall–Kier alpha value is -1.26. The maximum atomic E-state index is 12.1. The summed E-state index contributed by atoms with van der Waals surface area (Å²) in [4.78, 5) is 14.0. The van der Waals surface area contributed by atoms with Gasteiger partial charge >= 0.3 is 0 Å². The maximum absolute atomic E-state index is 12.1. The molecule has 0 aliphatic rings. The summed E-state index contributed by atoms with van der Waals surface area (Å²) in [7, 11) is 3.83. The van der Waals surface area contributed by atoms with Crippen molar-refractivity contribution >= 4 is 28.9 Å². The van der Waals surface area contributed by atoms with Crippen LogP contribution < -0.4 is 16.0 Å². The number of hydrogen-bond acceptors (Lipinski definition) is 3. The second-order valence-electron chi connectivity index (χ2n) is 6.28. The van der Waals surface area contributed by atoms with Gasteiger partial charge in [0.25, 0.3) is 0 Å². The minimum atomic E-state index is -0.190. The quantitative estimate of drug-likeness (QED) is 0.898. The predicted molar refractivity (Wildman–Crippen MR) is 86.5 cm³/mol. The van der Waals surface area contributed by atoms with Gasteiger partial charge in [-0.05, 0) is 23.6 Å². The standard InChI is InChI=1S/C15H24ClN3O/c1-15(2,3)13(17)9-14(20)18-11-8-10(16)6-7-12(11)19(4)5/h6-8,13H,9,17H2,1-5H3,(H,18,20). The molecule has 20 heavy (non-hydrogen) atoms. The third-order valence-corrected chi connectivity index (χ3v) is 3.47. The van der Waals surface area contributed by atoms with Gasteiger partial charge in [-0.3, -0.25) is 4.79 Å². The third kappa shape index (κ3) is 4.69. The van der Waals surface area contributed by atoms with Crippen molar-refractivity contribution in [2.24, 2.45) is 11.1 Å². The van der Waals surface area contributed by atoms with Crippen molar-refractivity contribution in [1.82, 2.24) is 0 Å². The molecule has 112 valence electrons. The van der Waals surface area contributed by atoms with Crippen LogP contribution in [-0.4, -0.2) is 26.0 Å². The predicted octanol–water partition coefficient (Wildman–Crippen LogP) is 3.11. The average Bonchev–Trinajstić information content (AvgIpc) is 2.26. The Morgan fingerprint density at radius 2 is 2.00 bits per heavy atom. The number of amides is 1. The first-order chi connectivity index (χ1) is 9.11. The topological polar surface area (TPSA) is 58.4 Å². The fraction of sp³-hybridized carbons (Fsp3) is 0.533. The molecule has 3 N–H and O–H groups in total. The zero-order valence-electron chi connectivity index (χ0n) is 12.8. The molecule has 1 rings (SSSR count). The zero-order chi connectivity index (χ0) is 15.5. The molecule has 0 saturated heterocycles. The number of rotatable bonds is 4. The zero-order valence-corrected chi connectivity index (χ0v) is 13.6. The number of carbonyl (C=O) groups is 1. The van der Waals surface area contributed by atoms with Crippen molar-refractivity contribution in [2.75, 3.05) is 24.3 Å². The van der Waals surface area contributed by atoms with Gasteiger partial charge < -0.3 is 16.0 Å². The van der Waals surface area contributed by atoms with Crippen LogP contribution in [0.2, 0.25) is 5.02 Å². The molecule has 0 saturated carbocycles. The van der Waals surface area contributed by atoms with Crippen molar-refractivity contribution in [1.29, 1.82) is 0 Å². The highest BCUT2D eigenvalue weighted by atomic mass is 35.5. The lowest BCUT2D eigenvalue weighted by molar-refractivity contribution is -0.117. The van der Waals surface area contributed by atoms with E-state index in [4.69, 9.17) is 17.3 Å². The first-order valence-electron chi connectivity index (χ1n) is 6.63. The fourth-order valence-electron chi connectivity index (χ4n) is 1.71. The van der Waals surface area contributed by atoms with E-state index in [0.717, 1.165) is 5.69 Å². The molecule has 0 spiro atoms. The summed E-state index contributed by atoms with van der Waals surface area (Å²) in [5.74, 6) is -0.0993.